The van der Waals surface area contributed by atoms with Gasteiger partial charge in [0.2, 0.25) is 0 Å². The topological polar surface area (TPSA) is 15.3 Å². The number of nitrogens with one attached hydrogen (secondary N) is 1. The molecule has 1 unspecified atom stereocenters. The van der Waals surface area contributed by atoms with Crippen molar-refractivity contribution >= 4 is 0 Å². The van der Waals surface area contributed by atoms with E-state index in [1.807, 2.05) is 0 Å². The molecule has 1 atom stereocenters. The number of rotatable bonds is 3. The standard InChI is InChI=1S/C13H28N2/c1-13(2,3)8-11-15(4)12-6-5-9-14-10-7-12/h12,14H,5-11H2,1-4H3. The maximum Gasteiger partial charge on any atom is 0.0105 e. The third-order valence-corrected chi connectivity index (χ3v) is 3.38. The molecule has 0 spiro atoms. The Labute approximate surface area is 95.4 Å². The smallest absolute Gasteiger partial charge is 0.0105 e. The van der Waals surface area contributed by atoms with Gasteiger partial charge >= 0.3 is 0 Å². The number of hydrogen-bond donors (Lipinski definition) is 1. The van der Waals surface area contributed by atoms with E-state index < -0.39 is 0 Å². The first-order chi connectivity index (χ1) is 6.99. The number of hydrogen-bond acceptors (Lipinski definition) is 2. The van der Waals surface area contributed by atoms with Crippen LogP contribution in [0, 0.1) is 5.41 Å². The minimum Gasteiger partial charge on any atom is -0.317 e. The fourth-order valence-electron chi connectivity index (χ4n) is 2.14. The van der Waals surface area contributed by atoms with Crippen molar-refractivity contribution in [3.63, 3.8) is 0 Å². The maximum atomic E-state index is 3.48. The molecule has 0 aliphatic carbocycles. The zero-order valence-corrected chi connectivity index (χ0v) is 11.0. The molecule has 2 nitrogen and oxygen atoms in total. The average molecular weight is 212 g/mol. The van der Waals surface area contributed by atoms with Crippen molar-refractivity contribution in [3.8, 4) is 0 Å². The Morgan fingerprint density at radius 2 is 1.93 bits per heavy atom. The van der Waals surface area contributed by atoms with Gasteiger partial charge in [-0.15, -0.1) is 0 Å². The highest BCUT2D eigenvalue weighted by atomic mass is 15.1. The summed E-state index contributed by atoms with van der Waals surface area (Å²) < 4.78 is 0. The van der Waals surface area contributed by atoms with Gasteiger partial charge in [0.15, 0.2) is 0 Å². The van der Waals surface area contributed by atoms with Gasteiger partial charge in [-0.05, 0) is 57.8 Å². The Morgan fingerprint density at radius 3 is 2.60 bits per heavy atom. The van der Waals surface area contributed by atoms with Crippen molar-refractivity contribution < 1.29 is 0 Å². The van der Waals surface area contributed by atoms with Crippen LogP contribution in [0.4, 0.5) is 0 Å². The predicted octanol–water partition coefficient (Wildman–Crippen LogP) is 2.50. The molecule has 1 aliphatic rings. The number of nitrogens with zero attached hydrogens (tertiary/aromatic N) is 1. The van der Waals surface area contributed by atoms with E-state index in [0.29, 0.717) is 5.41 Å². The third-order valence-electron chi connectivity index (χ3n) is 3.38. The van der Waals surface area contributed by atoms with E-state index in [0.717, 1.165) is 6.04 Å². The fraction of sp³-hybridized carbons (Fsp3) is 1.00. The van der Waals surface area contributed by atoms with E-state index in [1.165, 1.54) is 45.3 Å². The summed E-state index contributed by atoms with van der Waals surface area (Å²) in [5.74, 6) is 0. The summed E-state index contributed by atoms with van der Waals surface area (Å²) in [6, 6.07) is 0.808. The van der Waals surface area contributed by atoms with Gasteiger partial charge in [-0.3, -0.25) is 0 Å². The molecule has 0 bridgehead atoms. The zero-order valence-electron chi connectivity index (χ0n) is 11.0. The molecule has 1 aliphatic heterocycles. The third kappa shape index (κ3) is 5.53. The summed E-state index contributed by atoms with van der Waals surface area (Å²) in [6.45, 7) is 10.6. The quantitative estimate of drug-likeness (QED) is 0.773. The van der Waals surface area contributed by atoms with Crippen LogP contribution in [-0.4, -0.2) is 37.6 Å². The molecule has 1 saturated heterocycles. The normalized spacial score (nSPS) is 24.2. The Balaban J connectivity index is 2.28. The van der Waals surface area contributed by atoms with Crippen LogP contribution < -0.4 is 5.32 Å². The Morgan fingerprint density at radius 1 is 1.20 bits per heavy atom. The summed E-state index contributed by atoms with van der Waals surface area (Å²) in [6.07, 6.45) is 5.33. The van der Waals surface area contributed by atoms with Gasteiger partial charge in [0, 0.05) is 6.04 Å². The average Bonchev–Trinajstić information content (AvgIpc) is 2.41. The van der Waals surface area contributed by atoms with E-state index in [9.17, 15) is 0 Å². The molecule has 1 heterocycles. The largest absolute Gasteiger partial charge is 0.317 e. The second-order valence-electron chi connectivity index (χ2n) is 6.13. The Hall–Kier alpha value is -0.0800. The molecule has 1 fully saturated rings. The molecule has 0 aromatic rings. The lowest BCUT2D eigenvalue weighted by Gasteiger charge is -2.29. The summed E-state index contributed by atoms with van der Waals surface area (Å²) in [7, 11) is 2.29. The lowest BCUT2D eigenvalue weighted by atomic mass is 9.92. The van der Waals surface area contributed by atoms with Crippen molar-refractivity contribution in [3.05, 3.63) is 0 Å². The maximum absolute atomic E-state index is 3.48. The van der Waals surface area contributed by atoms with Gasteiger partial charge in [0.25, 0.3) is 0 Å². The van der Waals surface area contributed by atoms with Crippen LogP contribution in [-0.2, 0) is 0 Å². The molecule has 1 N–H and O–H groups in total. The van der Waals surface area contributed by atoms with E-state index >= 15 is 0 Å². The van der Waals surface area contributed by atoms with Crippen LogP contribution in [0.1, 0.15) is 46.5 Å². The molecule has 15 heavy (non-hydrogen) atoms. The van der Waals surface area contributed by atoms with Gasteiger partial charge < -0.3 is 10.2 Å². The first-order valence-corrected chi connectivity index (χ1v) is 6.40. The van der Waals surface area contributed by atoms with Gasteiger partial charge in [-0.1, -0.05) is 20.8 Å². The van der Waals surface area contributed by atoms with Crippen molar-refractivity contribution in [2.75, 3.05) is 26.7 Å². The first-order valence-electron chi connectivity index (χ1n) is 6.40. The fourth-order valence-corrected chi connectivity index (χ4v) is 2.14. The van der Waals surface area contributed by atoms with Crippen molar-refractivity contribution in [1.29, 1.82) is 0 Å². The molecule has 0 aromatic carbocycles. The van der Waals surface area contributed by atoms with Crippen LogP contribution in [0.25, 0.3) is 0 Å². The molecular weight excluding hydrogens is 184 g/mol. The van der Waals surface area contributed by atoms with Crippen LogP contribution in [0.15, 0.2) is 0 Å². The summed E-state index contributed by atoms with van der Waals surface area (Å²) in [4.78, 5) is 2.57. The van der Waals surface area contributed by atoms with Gasteiger partial charge in [-0.2, -0.15) is 0 Å². The second-order valence-corrected chi connectivity index (χ2v) is 6.13. The van der Waals surface area contributed by atoms with Gasteiger partial charge in [0.05, 0.1) is 0 Å². The summed E-state index contributed by atoms with van der Waals surface area (Å²) in [5.41, 5.74) is 0.469. The predicted molar refractivity (Wildman–Crippen MR) is 67.2 cm³/mol. The molecule has 0 aromatic heterocycles. The van der Waals surface area contributed by atoms with E-state index in [2.05, 4.69) is 38.0 Å². The lowest BCUT2D eigenvalue weighted by Crippen LogP contribution is -2.34. The van der Waals surface area contributed by atoms with E-state index in [1.54, 1.807) is 0 Å². The SMILES string of the molecule is CN(CCC(C)(C)C)C1CCCNCC1. The molecular formula is C13H28N2. The first kappa shape index (κ1) is 13.0. The zero-order chi connectivity index (χ0) is 11.3. The van der Waals surface area contributed by atoms with E-state index in [-0.39, 0.29) is 0 Å². The Bertz CT molecular complexity index is 164. The molecule has 0 radical (unpaired) electrons. The second kappa shape index (κ2) is 5.86. The molecule has 0 amide bonds. The van der Waals surface area contributed by atoms with Crippen molar-refractivity contribution in [1.82, 2.24) is 10.2 Å². The highest BCUT2D eigenvalue weighted by molar-refractivity contribution is 4.75. The van der Waals surface area contributed by atoms with Crippen LogP contribution in [0.5, 0.6) is 0 Å². The Kier molecular flexibility index (Phi) is 5.07. The monoisotopic (exact) mass is 212 g/mol. The van der Waals surface area contributed by atoms with Crippen LogP contribution in [0.3, 0.4) is 0 Å². The lowest BCUT2D eigenvalue weighted by molar-refractivity contribution is 0.193. The minimum atomic E-state index is 0.469. The highest BCUT2D eigenvalue weighted by Crippen LogP contribution is 2.20. The minimum absolute atomic E-state index is 0.469. The molecule has 0 saturated carbocycles. The molecule has 2 heteroatoms. The highest BCUT2D eigenvalue weighted by Gasteiger charge is 2.18. The van der Waals surface area contributed by atoms with Crippen molar-refractivity contribution in [2.45, 2.75) is 52.5 Å². The molecule has 90 valence electrons. The van der Waals surface area contributed by atoms with Crippen LogP contribution >= 0.6 is 0 Å². The summed E-state index contributed by atoms with van der Waals surface area (Å²) in [5, 5.41) is 3.48. The van der Waals surface area contributed by atoms with Crippen molar-refractivity contribution in [2.24, 2.45) is 5.41 Å². The summed E-state index contributed by atoms with van der Waals surface area (Å²) >= 11 is 0. The molecule has 1 rings (SSSR count). The van der Waals surface area contributed by atoms with Gasteiger partial charge in [0.1, 0.15) is 0 Å². The van der Waals surface area contributed by atoms with Crippen LogP contribution in [0.2, 0.25) is 0 Å². The van der Waals surface area contributed by atoms with E-state index in [4.69, 9.17) is 0 Å². The van der Waals surface area contributed by atoms with Gasteiger partial charge in [-0.25, -0.2) is 0 Å².